The molecule has 0 unspecified atom stereocenters. The minimum atomic E-state index is 0.445. The van der Waals surface area contributed by atoms with E-state index < -0.39 is 0 Å². The molecule has 5 heterocycles. The molecule has 0 aliphatic carbocycles. The minimum absolute atomic E-state index is 0.445. The van der Waals surface area contributed by atoms with Crippen molar-refractivity contribution in [2.75, 3.05) is 0 Å². The number of rotatable bonds is 2. The first-order valence-corrected chi connectivity index (χ1v) is 12.5. The van der Waals surface area contributed by atoms with E-state index in [0.717, 1.165) is 33.7 Å². The molecule has 8 bridgehead atoms. The number of fused-ring (bicyclic) bond motifs is 4. The Morgan fingerprint density at radius 2 is 0.795 bits per heavy atom. The van der Waals surface area contributed by atoms with Crippen molar-refractivity contribution >= 4 is 28.4 Å². The molecule has 0 aromatic heterocycles. The Bertz CT molecular complexity index is 1850. The summed E-state index contributed by atoms with van der Waals surface area (Å²) < 4.78 is 0. The van der Waals surface area contributed by atoms with Gasteiger partial charge in [0.15, 0.2) is 0 Å². The van der Waals surface area contributed by atoms with Gasteiger partial charge in [-0.25, -0.2) is 20.0 Å². The third-order valence-electron chi connectivity index (χ3n) is 7.01. The van der Waals surface area contributed by atoms with Gasteiger partial charge < -0.3 is 17.2 Å². The number of allylic oxidation sites excluding steroid dienone is 9. The molecule has 5 aliphatic rings. The quantitative estimate of drug-likeness (QED) is 0.550. The Morgan fingerprint density at radius 3 is 1.36 bits per heavy atom. The maximum Gasteiger partial charge on any atom is 0.0890 e. The molecule has 7 rings (SSSR count). The largest absolute Gasteiger partial charge is 0.395 e. The molecule has 0 atom stereocenters. The van der Waals surface area contributed by atoms with E-state index in [0.29, 0.717) is 51.3 Å². The van der Waals surface area contributed by atoms with Crippen molar-refractivity contribution < 1.29 is 0 Å². The first-order chi connectivity index (χ1) is 19.1. The number of nitrogens with two attached hydrogens (primary N) is 3. The van der Waals surface area contributed by atoms with Crippen molar-refractivity contribution in [1.29, 1.82) is 0 Å². The predicted molar refractivity (Wildman–Crippen MR) is 159 cm³/mol. The Labute approximate surface area is 225 Å². The van der Waals surface area contributed by atoms with Crippen LogP contribution >= 0.6 is 0 Å². The second-order valence-electron chi connectivity index (χ2n) is 9.39. The highest BCUT2D eigenvalue weighted by atomic mass is 14.9. The third kappa shape index (κ3) is 3.76. The van der Waals surface area contributed by atoms with E-state index in [1.807, 2.05) is 78.9 Å². The fraction of sp³-hybridized carbons (Fsp3) is 0. The van der Waals surface area contributed by atoms with Gasteiger partial charge in [0.1, 0.15) is 0 Å². The Kier molecular flexibility index (Phi) is 5.09. The highest BCUT2D eigenvalue weighted by molar-refractivity contribution is 6.33. The third-order valence-corrected chi connectivity index (χ3v) is 7.01. The van der Waals surface area contributed by atoms with Crippen LogP contribution in [0.5, 0.6) is 0 Å². The van der Waals surface area contributed by atoms with E-state index in [4.69, 9.17) is 27.2 Å². The zero-order valence-electron chi connectivity index (χ0n) is 20.8. The van der Waals surface area contributed by atoms with Crippen LogP contribution in [0.1, 0.15) is 5.56 Å². The normalized spacial score (nSPS) is 19.4. The summed E-state index contributed by atoms with van der Waals surface area (Å²) in [6, 6.07) is 18.5. The van der Waals surface area contributed by atoms with Crippen LogP contribution in [-0.4, -0.2) is 22.8 Å². The Morgan fingerprint density at radius 1 is 0.385 bits per heavy atom. The molecule has 7 nitrogen and oxygen atoms in total. The zero-order valence-corrected chi connectivity index (χ0v) is 20.8. The lowest BCUT2D eigenvalue weighted by atomic mass is 9.91. The van der Waals surface area contributed by atoms with E-state index >= 15 is 0 Å². The topological polar surface area (TPSA) is 127 Å². The van der Waals surface area contributed by atoms with Crippen LogP contribution in [0.3, 0.4) is 0 Å². The van der Waals surface area contributed by atoms with E-state index in [9.17, 15) is 0 Å². The standard InChI is InChI=1S/C32H23N7/c33-30-23-12-10-21(36-23)29(20-9-5-4-8-19(20)18-6-2-1-3-7-18)22-11-13-24(37-22)31(34)26-15-17-28(39-26)32(35)27-16-14-25(30)38-27/h1-17H,33-35H2. The molecule has 0 radical (unpaired) electrons. The molecular formula is C32H23N7. The first kappa shape index (κ1) is 22.6. The molecule has 0 saturated heterocycles. The fourth-order valence-electron chi connectivity index (χ4n) is 5.00. The van der Waals surface area contributed by atoms with E-state index in [2.05, 4.69) is 34.3 Å². The van der Waals surface area contributed by atoms with Crippen molar-refractivity contribution in [3.8, 4) is 11.1 Å². The molecule has 0 spiro atoms. The Hall–Kier alpha value is -5.56. The molecule has 2 aromatic rings. The summed E-state index contributed by atoms with van der Waals surface area (Å²) >= 11 is 0. The van der Waals surface area contributed by atoms with Gasteiger partial charge in [0.2, 0.25) is 0 Å². The Balaban J connectivity index is 1.51. The van der Waals surface area contributed by atoms with Crippen LogP contribution in [0.15, 0.2) is 163 Å². The van der Waals surface area contributed by atoms with Gasteiger partial charge in [0.25, 0.3) is 0 Å². The van der Waals surface area contributed by atoms with Gasteiger partial charge in [-0.2, -0.15) is 0 Å². The smallest absolute Gasteiger partial charge is 0.0890 e. The van der Waals surface area contributed by atoms with Gasteiger partial charge in [0, 0.05) is 5.57 Å². The van der Waals surface area contributed by atoms with Crippen molar-refractivity contribution in [3.05, 3.63) is 149 Å². The number of hydrogen-bond acceptors (Lipinski definition) is 7. The maximum absolute atomic E-state index is 6.57. The molecule has 2 aromatic carbocycles. The van der Waals surface area contributed by atoms with E-state index in [1.165, 1.54) is 0 Å². The molecule has 0 saturated carbocycles. The lowest BCUT2D eigenvalue weighted by Gasteiger charge is -2.14. The average Bonchev–Trinajstić information content (AvgIpc) is 3.80. The summed E-state index contributed by atoms with van der Waals surface area (Å²) in [5.74, 6) is 0. The molecule has 39 heavy (non-hydrogen) atoms. The maximum atomic E-state index is 6.57. The van der Waals surface area contributed by atoms with E-state index in [1.54, 1.807) is 0 Å². The van der Waals surface area contributed by atoms with Crippen LogP contribution in [0.25, 0.3) is 16.7 Å². The number of hydrogen-bond donors (Lipinski definition) is 3. The van der Waals surface area contributed by atoms with Crippen LogP contribution in [0.2, 0.25) is 0 Å². The van der Waals surface area contributed by atoms with Gasteiger partial charge in [-0.15, -0.1) is 0 Å². The minimum Gasteiger partial charge on any atom is -0.395 e. The summed E-state index contributed by atoms with van der Waals surface area (Å²) in [7, 11) is 0. The highest BCUT2D eigenvalue weighted by Crippen LogP contribution is 2.36. The molecule has 7 heteroatoms. The van der Waals surface area contributed by atoms with Gasteiger partial charge in [-0.3, -0.25) is 0 Å². The summed E-state index contributed by atoms with van der Waals surface area (Å²) in [4.78, 5) is 19.3. The number of nitrogens with zero attached hydrogens (tertiary/aromatic N) is 4. The lowest BCUT2D eigenvalue weighted by molar-refractivity contribution is 1.27. The summed E-state index contributed by atoms with van der Waals surface area (Å²) in [6.45, 7) is 0. The van der Waals surface area contributed by atoms with Crippen LogP contribution in [0.4, 0.5) is 0 Å². The zero-order chi connectivity index (χ0) is 26.5. The second-order valence-corrected chi connectivity index (χ2v) is 9.39. The monoisotopic (exact) mass is 505 g/mol. The van der Waals surface area contributed by atoms with Crippen molar-refractivity contribution in [2.24, 2.45) is 37.2 Å². The van der Waals surface area contributed by atoms with Crippen molar-refractivity contribution in [1.82, 2.24) is 0 Å². The van der Waals surface area contributed by atoms with Gasteiger partial charge in [0.05, 0.1) is 62.7 Å². The van der Waals surface area contributed by atoms with Gasteiger partial charge in [-0.1, -0.05) is 54.6 Å². The number of benzene rings is 2. The van der Waals surface area contributed by atoms with Gasteiger partial charge in [-0.05, 0) is 65.3 Å². The summed E-state index contributed by atoms with van der Waals surface area (Å²) in [5, 5.41) is 0. The molecule has 5 aliphatic heterocycles. The second kappa shape index (κ2) is 8.78. The van der Waals surface area contributed by atoms with Gasteiger partial charge >= 0.3 is 0 Å². The van der Waals surface area contributed by atoms with Crippen molar-refractivity contribution in [3.63, 3.8) is 0 Å². The molecule has 186 valence electrons. The SMILES string of the molecule is NC1=C2C=CC(=N2)C(N)=C2C=CC(=N2)C(c2ccccc2-c2ccccc2)=C2C=CC(=N2)C(N)=C2C=CC1=N2. The molecule has 6 N–H and O–H groups in total. The van der Waals surface area contributed by atoms with Crippen molar-refractivity contribution in [2.45, 2.75) is 0 Å². The van der Waals surface area contributed by atoms with Crippen LogP contribution < -0.4 is 17.2 Å². The highest BCUT2D eigenvalue weighted by Gasteiger charge is 2.25. The first-order valence-electron chi connectivity index (χ1n) is 12.5. The molecular weight excluding hydrogens is 482 g/mol. The summed E-state index contributed by atoms with van der Waals surface area (Å²) in [5.41, 5.74) is 30.1. The fourth-order valence-corrected chi connectivity index (χ4v) is 5.00. The average molecular weight is 506 g/mol. The molecule has 0 fully saturated rings. The van der Waals surface area contributed by atoms with Crippen LogP contribution in [-0.2, 0) is 0 Å². The van der Waals surface area contributed by atoms with E-state index in [-0.39, 0.29) is 0 Å². The summed E-state index contributed by atoms with van der Waals surface area (Å²) in [6.07, 6.45) is 15.1. The molecule has 0 amide bonds. The predicted octanol–water partition coefficient (Wildman–Crippen LogP) is 4.63. The van der Waals surface area contributed by atoms with Crippen LogP contribution in [0, 0.1) is 0 Å². The number of aliphatic imine (C=N–C) groups is 4. The lowest BCUT2D eigenvalue weighted by Crippen LogP contribution is -2.12.